The molecule has 2 heterocycles. The summed E-state index contributed by atoms with van der Waals surface area (Å²) in [5.74, 6) is 0. The van der Waals surface area contributed by atoms with Crippen LogP contribution in [0, 0.1) is 5.41 Å². The van der Waals surface area contributed by atoms with Crippen molar-refractivity contribution in [3.05, 3.63) is 18.0 Å². The summed E-state index contributed by atoms with van der Waals surface area (Å²) in [6.07, 6.45) is 4.29. The number of hydrogen-bond donors (Lipinski definition) is 0. The highest BCUT2D eigenvalue weighted by atomic mass is 16.5. The average Bonchev–Trinajstić information content (AvgIpc) is 2.72. The van der Waals surface area contributed by atoms with E-state index in [4.69, 9.17) is 4.74 Å². The molecule has 1 saturated heterocycles. The third kappa shape index (κ3) is 2.94. The van der Waals surface area contributed by atoms with Gasteiger partial charge in [0.25, 0.3) is 0 Å². The van der Waals surface area contributed by atoms with Crippen LogP contribution in [-0.4, -0.2) is 35.1 Å². The molecule has 1 atom stereocenters. The van der Waals surface area contributed by atoms with Crippen LogP contribution >= 0.6 is 0 Å². The molecule has 0 N–H and O–H groups in total. The van der Waals surface area contributed by atoms with Gasteiger partial charge in [-0.05, 0) is 30.9 Å². The maximum Gasteiger partial charge on any atom is 0.316 e. The van der Waals surface area contributed by atoms with E-state index in [1.165, 1.54) is 12.8 Å². The molecule has 2 rings (SSSR count). The highest BCUT2D eigenvalue weighted by molar-refractivity contribution is 5.06. The lowest BCUT2D eigenvalue weighted by atomic mass is 9.87. The number of methoxy groups -OCH3 is 1. The highest BCUT2D eigenvalue weighted by Gasteiger charge is 2.31. The number of likely N-dealkylation sites (tertiary alicyclic amines) is 1. The average molecular weight is 235 g/mol. The van der Waals surface area contributed by atoms with Gasteiger partial charge in [-0.3, -0.25) is 4.90 Å². The predicted octanol–water partition coefficient (Wildman–Crippen LogP) is 2.11. The molecule has 0 aliphatic carbocycles. The zero-order valence-corrected chi connectivity index (χ0v) is 10.9. The first kappa shape index (κ1) is 12.3. The van der Waals surface area contributed by atoms with E-state index in [0.717, 1.165) is 25.3 Å². The van der Waals surface area contributed by atoms with E-state index in [0.29, 0.717) is 11.4 Å². The van der Waals surface area contributed by atoms with Gasteiger partial charge in [-0.25, -0.2) is 4.98 Å². The Labute approximate surface area is 103 Å². The Morgan fingerprint density at radius 2 is 2.35 bits per heavy atom. The van der Waals surface area contributed by atoms with Crippen LogP contribution in [0.5, 0.6) is 6.01 Å². The van der Waals surface area contributed by atoms with E-state index in [1.54, 1.807) is 13.3 Å². The molecule has 0 radical (unpaired) electrons. The molecule has 0 spiro atoms. The van der Waals surface area contributed by atoms with Crippen molar-refractivity contribution >= 4 is 0 Å². The van der Waals surface area contributed by atoms with E-state index in [9.17, 15) is 0 Å². The number of ether oxygens (including phenoxy) is 1. The summed E-state index contributed by atoms with van der Waals surface area (Å²) >= 11 is 0. The van der Waals surface area contributed by atoms with E-state index in [-0.39, 0.29) is 0 Å². The second-order valence-corrected chi connectivity index (χ2v) is 5.16. The Bertz CT molecular complexity index is 383. The van der Waals surface area contributed by atoms with Gasteiger partial charge in [0.1, 0.15) is 0 Å². The van der Waals surface area contributed by atoms with E-state index >= 15 is 0 Å². The molecule has 1 fully saturated rings. The third-order valence-electron chi connectivity index (χ3n) is 3.75. The SMILES string of the molecule is CCC1(C)CCN(Cc2ccnc(OC)n2)C1. The van der Waals surface area contributed by atoms with Crippen molar-refractivity contribution in [1.29, 1.82) is 0 Å². The van der Waals surface area contributed by atoms with Crippen molar-refractivity contribution < 1.29 is 4.74 Å². The van der Waals surface area contributed by atoms with Gasteiger partial charge in [0, 0.05) is 19.3 Å². The summed E-state index contributed by atoms with van der Waals surface area (Å²) in [5.41, 5.74) is 1.52. The fourth-order valence-electron chi connectivity index (χ4n) is 2.34. The van der Waals surface area contributed by atoms with Crippen LogP contribution in [0.25, 0.3) is 0 Å². The van der Waals surface area contributed by atoms with Gasteiger partial charge in [0.2, 0.25) is 0 Å². The lowest BCUT2D eigenvalue weighted by Crippen LogP contribution is -2.24. The molecule has 94 valence electrons. The first-order chi connectivity index (χ1) is 8.15. The second-order valence-electron chi connectivity index (χ2n) is 5.16. The molecule has 4 nitrogen and oxygen atoms in total. The van der Waals surface area contributed by atoms with Gasteiger partial charge >= 0.3 is 6.01 Å². The lowest BCUT2D eigenvalue weighted by Gasteiger charge is -2.22. The fraction of sp³-hybridized carbons (Fsp3) is 0.692. The second kappa shape index (κ2) is 5.00. The van der Waals surface area contributed by atoms with Gasteiger partial charge in [-0.2, -0.15) is 4.98 Å². The summed E-state index contributed by atoms with van der Waals surface area (Å²) in [6.45, 7) is 7.87. The molecule has 1 unspecified atom stereocenters. The number of nitrogens with zero attached hydrogens (tertiary/aromatic N) is 3. The third-order valence-corrected chi connectivity index (χ3v) is 3.75. The predicted molar refractivity (Wildman–Crippen MR) is 66.9 cm³/mol. The van der Waals surface area contributed by atoms with Crippen LogP contribution in [-0.2, 0) is 6.54 Å². The Hall–Kier alpha value is -1.16. The molecule has 0 amide bonds. The smallest absolute Gasteiger partial charge is 0.316 e. The topological polar surface area (TPSA) is 38.2 Å². The van der Waals surface area contributed by atoms with Crippen LogP contribution in [0.2, 0.25) is 0 Å². The maximum absolute atomic E-state index is 5.04. The van der Waals surface area contributed by atoms with Gasteiger partial charge in [0.05, 0.1) is 12.8 Å². The van der Waals surface area contributed by atoms with Crippen LogP contribution in [0.15, 0.2) is 12.3 Å². The number of aromatic nitrogens is 2. The van der Waals surface area contributed by atoms with E-state index in [2.05, 4.69) is 28.7 Å². The fourth-order valence-corrected chi connectivity index (χ4v) is 2.34. The summed E-state index contributed by atoms with van der Waals surface area (Å²) in [5, 5.41) is 0. The Balaban J connectivity index is 1.98. The van der Waals surface area contributed by atoms with Crippen molar-refractivity contribution in [2.45, 2.75) is 33.2 Å². The molecule has 1 aromatic heterocycles. The van der Waals surface area contributed by atoms with Crippen molar-refractivity contribution in [2.24, 2.45) is 5.41 Å². The highest BCUT2D eigenvalue weighted by Crippen LogP contribution is 2.33. The van der Waals surface area contributed by atoms with Crippen molar-refractivity contribution in [3.8, 4) is 6.01 Å². The zero-order valence-electron chi connectivity index (χ0n) is 10.9. The van der Waals surface area contributed by atoms with Crippen LogP contribution < -0.4 is 4.74 Å². The minimum absolute atomic E-state index is 0.458. The van der Waals surface area contributed by atoms with Crippen LogP contribution in [0.4, 0.5) is 0 Å². The van der Waals surface area contributed by atoms with Crippen molar-refractivity contribution in [1.82, 2.24) is 14.9 Å². The number of hydrogen-bond acceptors (Lipinski definition) is 4. The first-order valence-electron chi connectivity index (χ1n) is 6.23. The molecular weight excluding hydrogens is 214 g/mol. The molecule has 1 aliphatic heterocycles. The van der Waals surface area contributed by atoms with Gasteiger partial charge < -0.3 is 4.74 Å². The maximum atomic E-state index is 5.04. The quantitative estimate of drug-likeness (QED) is 0.801. The minimum atomic E-state index is 0.458. The Morgan fingerprint density at radius 3 is 3.00 bits per heavy atom. The summed E-state index contributed by atoms with van der Waals surface area (Å²) in [7, 11) is 1.60. The molecule has 4 heteroatoms. The molecule has 17 heavy (non-hydrogen) atoms. The first-order valence-corrected chi connectivity index (χ1v) is 6.23. The molecule has 0 saturated carbocycles. The molecule has 0 bridgehead atoms. The zero-order chi connectivity index (χ0) is 12.3. The van der Waals surface area contributed by atoms with E-state index < -0.39 is 0 Å². The van der Waals surface area contributed by atoms with Gasteiger partial charge in [0.15, 0.2) is 0 Å². The van der Waals surface area contributed by atoms with Crippen LogP contribution in [0.1, 0.15) is 32.4 Å². The monoisotopic (exact) mass is 235 g/mol. The lowest BCUT2D eigenvalue weighted by molar-refractivity contribution is 0.260. The summed E-state index contributed by atoms with van der Waals surface area (Å²) in [4.78, 5) is 10.8. The largest absolute Gasteiger partial charge is 0.467 e. The van der Waals surface area contributed by atoms with Gasteiger partial charge in [-0.1, -0.05) is 13.8 Å². The van der Waals surface area contributed by atoms with E-state index in [1.807, 2.05) is 6.07 Å². The standard InChI is InChI=1S/C13H21N3O/c1-4-13(2)6-8-16(10-13)9-11-5-7-14-12(15-11)17-3/h5,7H,4,6,8-10H2,1-3H3. The Kier molecular flexibility index (Phi) is 3.62. The summed E-state index contributed by atoms with van der Waals surface area (Å²) in [6, 6.07) is 2.42. The van der Waals surface area contributed by atoms with Crippen molar-refractivity contribution in [3.63, 3.8) is 0 Å². The van der Waals surface area contributed by atoms with Gasteiger partial charge in [-0.15, -0.1) is 0 Å². The summed E-state index contributed by atoms with van der Waals surface area (Å²) < 4.78 is 5.04. The van der Waals surface area contributed by atoms with Crippen molar-refractivity contribution in [2.75, 3.05) is 20.2 Å². The Morgan fingerprint density at radius 1 is 1.53 bits per heavy atom. The molecular formula is C13H21N3O. The molecule has 1 aromatic rings. The minimum Gasteiger partial charge on any atom is -0.467 e. The molecule has 0 aromatic carbocycles. The van der Waals surface area contributed by atoms with Crippen LogP contribution in [0.3, 0.4) is 0 Å². The molecule has 1 aliphatic rings. The normalized spacial score (nSPS) is 25.1. The number of rotatable bonds is 4.